The Kier molecular flexibility index (Phi) is 3.97. The highest BCUT2D eigenvalue weighted by Crippen LogP contribution is 2.26. The van der Waals surface area contributed by atoms with Gasteiger partial charge in [0.05, 0.1) is 28.0 Å². The second-order valence-electron chi connectivity index (χ2n) is 6.04. The van der Waals surface area contributed by atoms with Gasteiger partial charge in [0.15, 0.2) is 5.78 Å². The summed E-state index contributed by atoms with van der Waals surface area (Å²) in [7, 11) is 0. The number of hydrogen-bond donors (Lipinski definition) is 0. The summed E-state index contributed by atoms with van der Waals surface area (Å²) in [5, 5.41) is 4.61. The summed E-state index contributed by atoms with van der Waals surface area (Å²) in [4.78, 5) is 17.2. The zero-order valence-electron chi connectivity index (χ0n) is 14.5. The molecule has 0 spiro atoms. The largest absolute Gasteiger partial charge is 0.320 e. The fraction of sp³-hybridized carbons (Fsp3) is 0.0952. The van der Waals surface area contributed by atoms with Crippen LogP contribution in [0.1, 0.15) is 21.7 Å². The molecule has 0 amide bonds. The average Bonchev–Trinajstić information content (AvgIpc) is 3.15. The van der Waals surface area contributed by atoms with Crippen LogP contribution in [-0.2, 0) is 6.54 Å². The fourth-order valence-corrected chi connectivity index (χ4v) is 3.24. The zero-order valence-corrected chi connectivity index (χ0v) is 14.5. The Hall–Kier alpha value is -3.47. The quantitative estimate of drug-likeness (QED) is 0.312. The molecular weight excluding hydrogens is 324 g/mol. The minimum absolute atomic E-state index is 0.0868. The number of para-hydroxylation sites is 2. The normalized spacial score (nSPS) is 11.6. The summed E-state index contributed by atoms with van der Waals surface area (Å²) in [5.41, 5.74) is 4.85. The topological polar surface area (TPSA) is 52.2 Å². The summed E-state index contributed by atoms with van der Waals surface area (Å²) in [6, 6.07) is 13.6. The van der Waals surface area contributed by atoms with Gasteiger partial charge in [0.25, 0.3) is 0 Å². The number of imidazole rings is 1. The van der Waals surface area contributed by atoms with E-state index < -0.39 is 0 Å². The first-order chi connectivity index (χ1) is 12.7. The molecule has 0 N–H and O–H groups in total. The van der Waals surface area contributed by atoms with Gasteiger partial charge in [-0.25, -0.2) is 4.52 Å². The van der Waals surface area contributed by atoms with Gasteiger partial charge in [0, 0.05) is 12.7 Å². The van der Waals surface area contributed by atoms with Gasteiger partial charge in [0.1, 0.15) is 5.65 Å². The summed E-state index contributed by atoms with van der Waals surface area (Å²) in [6.07, 6.45) is 6.82. The predicted molar refractivity (Wildman–Crippen MR) is 103 cm³/mol. The number of aromatic nitrogens is 4. The van der Waals surface area contributed by atoms with Crippen LogP contribution in [0.15, 0.2) is 67.4 Å². The van der Waals surface area contributed by atoms with E-state index in [4.69, 9.17) is 0 Å². The van der Waals surface area contributed by atoms with Crippen molar-refractivity contribution in [2.45, 2.75) is 13.5 Å². The number of carbonyl (C=O) groups excluding carboxylic acids is 1. The molecular formula is C21H18N4O. The van der Waals surface area contributed by atoms with Crippen molar-refractivity contribution < 1.29 is 4.79 Å². The van der Waals surface area contributed by atoms with Crippen molar-refractivity contribution in [1.82, 2.24) is 19.2 Å². The maximum Gasteiger partial charge on any atom is 0.191 e. The molecule has 0 atom stereocenters. The van der Waals surface area contributed by atoms with Gasteiger partial charge in [-0.05, 0) is 43.3 Å². The van der Waals surface area contributed by atoms with Crippen molar-refractivity contribution in [3.8, 4) is 0 Å². The standard InChI is InChI=1S/C21H18N4O/c1-3-14-24-17-9-4-5-10-18(17)25-21(24)20(15(2)23-25)19(26)12-11-16-8-6-7-13-22-16/h3-13H,1,14H2,2H3/b12-11+. The Labute approximate surface area is 150 Å². The molecule has 0 aliphatic carbocycles. The van der Waals surface area contributed by atoms with Crippen LogP contribution in [-0.4, -0.2) is 24.9 Å². The lowest BCUT2D eigenvalue weighted by Crippen LogP contribution is -2.02. The van der Waals surface area contributed by atoms with Gasteiger partial charge in [-0.2, -0.15) is 5.10 Å². The minimum Gasteiger partial charge on any atom is -0.320 e. The molecule has 0 fully saturated rings. The molecule has 26 heavy (non-hydrogen) atoms. The third kappa shape index (κ3) is 2.54. The van der Waals surface area contributed by atoms with E-state index in [1.807, 2.05) is 60.0 Å². The van der Waals surface area contributed by atoms with Crippen LogP contribution < -0.4 is 0 Å². The van der Waals surface area contributed by atoms with E-state index in [1.54, 1.807) is 18.3 Å². The van der Waals surface area contributed by atoms with Crippen LogP contribution in [0, 0.1) is 6.92 Å². The lowest BCUT2D eigenvalue weighted by molar-refractivity contribution is 0.104. The third-order valence-electron chi connectivity index (χ3n) is 4.34. The number of carbonyl (C=O) groups is 1. The minimum atomic E-state index is -0.0868. The Morgan fingerprint density at radius 1 is 1.15 bits per heavy atom. The van der Waals surface area contributed by atoms with Gasteiger partial charge < -0.3 is 4.57 Å². The lowest BCUT2D eigenvalue weighted by atomic mass is 10.1. The van der Waals surface area contributed by atoms with Crippen LogP contribution in [0.25, 0.3) is 22.8 Å². The van der Waals surface area contributed by atoms with Crippen molar-refractivity contribution in [3.05, 3.63) is 84.3 Å². The highest BCUT2D eigenvalue weighted by atomic mass is 16.1. The van der Waals surface area contributed by atoms with E-state index in [1.165, 1.54) is 0 Å². The average molecular weight is 342 g/mol. The van der Waals surface area contributed by atoms with Gasteiger partial charge in [-0.1, -0.05) is 24.3 Å². The summed E-state index contributed by atoms with van der Waals surface area (Å²) >= 11 is 0. The van der Waals surface area contributed by atoms with E-state index >= 15 is 0 Å². The van der Waals surface area contributed by atoms with E-state index in [0.717, 1.165) is 22.4 Å². The molecule has 3 heterocycles. The molecule has 0 saturated heterocycles. The van der Waals surface area contributed by atoms with Gasteiger partial charge in [-0.15, -0.1) is 6.58 Å². The molecule has 5 nitrogen and oxygen atoms in total. The highest BCUT2D eigenvalue weighted by molar-refractivity contribution is 6.12. The summed E-state index contributed by atoms with van der Waals surface area (Å²) in [5.74, 6) is -0.0868. The summed E-state index contributed by atoms with van der Waals surface area (Å²) < 4.78 is 3.92. The molecule has 0 aliphatic rings. The number of hydrogen-bond acceptors (Lipinski definition) is 3. The van der Waals surface area contributed by atoms with Crippen LogP contribution in [0.4, 0.5) is 0 Å². The molecule has 0 aliphatic heterocycles. The van der Waals surface area contributed by atoms with Gasteiger partial charge in [0.2, 0.25) is 0 Å². The molecule has 0 saturated carbocycles. The van der Waals surface area contributed by atoms with Crippen LogP contribution >= 0.6 is 0 Å². The van der Waals surface area contributed by atoms with Crippen molar-refractivity contribution in [3.63, 3.8) is 0 Å². The SMILES string of the molecule is C=CCn1c2ccccc2n2nc(C)c(C(=O)/C=C/c3ccccn3)c12. The molecule has 0 unspecified atom stereocenters. The highest BCUT2D eigenvalue weighted by Gasteiger charge is 2.21. The number of aryl methyl sites for hydroxylation is 1. The number of benzene rings is 1. The van der Waals surface area contributed by atoms with Gasteiger partial charge >= 0.3 is 0 Å². The fourth-order valence-electron chi connectivity index (χ4n) is 3.24. The van der Waals surface area contributed by atoms with Crippen LogP contribution in [0.3, 0.4) is 0 Å². The van der Waals surface area contributed by atoms with Crippen molar-refractivity contribution in [2.75, 3.05) is 0 Å². The van der Waals surface area contributed by atoms with E-state index in [-0.39, 0.29) is 5.78 Å². The molecule has 4 rings (SSSR count). The first-order valence-electron chi connectivity index (χ1n) is 8.41. The van der Waals surface area contributed by atoms with Gasteiger partial charge in [-0.3, -0.25) is 9.78 Å². The first-order valence-corrected chi connectivity index (χ1v) is 8.41. The van der Waals surface area contributed by atoms with E-state index in [2.05, 4.69) is 21.2 Å². The number of rotatable bonds is 5. The second kappa shape index (κ2) is 6.44. The lowest BCUT2D eigenvalue weighted by Gasteiger charge is -2.03. The molecule has 0 bridgehead atoms. The molecule has 3 aromatic heterocycles. The molecule has 4 aromatic rings. The zero-order chi connectivity index (χ0) is 18.1. The number of nitrogens with zero attached hydrogens (tertiary/aromatic N) is 4. The number of allylic oxidation sites excluding steroid dienone is 2. The predicted octanol–water partition coefficient (Wildman–Crippen LogP) is 4.07. The molecule has 128 valence electrons. The number of ketones is 1. The Morgan fingerprint density at radius 2 is 1.92 bits per heavy atom. The monoisotopic (exact) mass is 342 g/mol. The maximum absolute atomic E-state index is 12.9. The third-order valence-corrected chi connectivity index (χ3v) is 4.34. The Balaban J connectivity index is 1.89. The molecule has 5 heteroatoms. The van der Waals surface area contributed by atoms with Crippen molar-refractivity contribution >= 4 is 28.5 Å². The maximum atomic E-state index is 12.9. The van der Waals surface area contributed by atoms with Crippen molar-refractivity contribution in [1.29, 1.82) is 0 Å². The number of fused-ring (bicyclic) bond motifs is 3. The Bertz CT molecular complexity index is 1150. The summed E-state index contributed by atoms with van der Waals surface area (Å²) in [6.45, 7) is 6.32. The smallest absolute Gasteiger partial charge is 0.191 e. The van der Waals surface area contributed by atoms with Crippen LogP contribution in [0.5, 0.6) is 0 Å². The van der Waals surface area contributed by atoms with E-state index in [9.17, 15) is 4.79 Å². The Morgan fingerprint density at radius 3 is 2.65 bits per heavy atom. The first kappa shape index (κ1) is 16.0. The van der Waals surface area contributed by atoms with Crippen molar-refractivity contribution in [2.24, 2.45) is 0 Å². The second-order valence-corrected chi connectivity index (χ2v) is 6.04. The van der Waals surface area contributed by atoms with E-state index in [0.29, 0.717) is 17.8 Å². The molecule has 1 aromatic carbocycles. The molecule has 0 radical (unpaired) electrons. The van der Waals surface area contributed by atoms with Crippen LogP contribution in [0.2, 0.25) is 0 Å². The number of pyridine rings is 1.